The minimum absolute atomic E-state index is 0.0528. The number of allylic oxidation sites excluding steroid dienone is 1. The van der Waals surface area contributed by atoms with E-state index in [1.807, 2.05) is 60.7 Å². The Morgan fingerprint density at radius 1 is 1.07 bits per heavy atom. The molecule has 2 aromatic carbocycles. The second-order valence-corrected chi connectivity index (χ2v) is 9.10. The van der Waals surface area contributed by atoms with Gasteiger partial charge in [-0.05, 0) is 23.6 Å². The molecular weight excluding hydrogens is 390 g/mol. The van der Waals surface area contributed by atoms with Gasteiger partial charge in [0.1, 0.15) is 5.70 Å². The highest BCUT2D eigenvalue weighted by atomic mass is 32.2. The number of β-lactam (4-membered cyclic amide) rings is 1. The van der Waals surface area contributed by atoms with Crippen molar-refractivity contribution in [3.8, 4) is 0 Å². The zero-order valence-corrected chi connectivity index (χ0v) is 16.6. The summed E-state index contributed by atoms with van der Waals surface area (Å²) >= 11 is 0. The zero-order valence-electron chi connectivity index (χ0n) is 15.7. The third-order valence-electron chi connectivity index (χ3n) is 5.24. The third-order valence-corrected chi connectivity index (χ3v) is 7.33. The second-order valence-electron chi connectivity index (χ2n) is 6.97. The fourth-order valence-corrected chi connectivity index (χ4v) is 5.31. The lowest BCUT2D eigenvalue weighted by atomic mass is 10.0. The predicted octanol–water partition coefficient (Wildman–Crippen LogP) is 3.09. The Labute approximate surface area is 169 Å². The van der Waals surface area contributed by atoms with Crippen molar-refractivity contribution >= 4 is 21.7 Å². The number of carbonyl (C=O) groups is 2. The molecule has 1 amide bonds. The van der Waals surface area contributed by atoms with Crippen LogP contribution < -0.4 is 0 Å². The quantitative estimate of drug-likeness (QED) is 0.573. The molecular formula is C22H19NO5S. The molecule has 2 aliphatic heterocycles. The number of benzene rings is 2. The highest BCUT2D eigenvalue weighted by Crippen LogP contribution is 2.42. The average Bonchev–Trinajstić information content (AvgIpc) is 2.73. The maximum absolute atomic E-state index is 13.1. The molecule has 0 bridgehead atoms. The van der Waals surface area contributed by atoms with E-state index in [1.165, 1.54) is 6.92 Å². The number of hydrogen-bond donors (Lipinski definition) is 0. The van der Waals surface area contributed by atoms with Crippen LogP contribution in [0.25, 0.3) is 0 Å². The maximum Gasteiger partial charge on any atom is 0.356 e. The summed E-state index contributed by atoms with van der Waals surface area (Å²) in [6.07, 6.45) is -0.863. The minimum Gasteiger partial charge on any atom is -0.448 e. The first-order valence-electron chi connectivity index (χ1n) is 9.09. The minimum atomic E-state index is -3.74. The van der Waals surface area contributed by atoms with Crippen LogP contribution >= 0.6 is 0 Å². The number of rotatable bonds is 4. The molecule has 7 heteroatoms. The number of fused-ring (bicyclic) bond motifs is 1. The summed E-state index contributed by atoms with van der Waals surface area (Å²) in [5.74, 6) is -1.18. The van der Waals surface area contributed by atoms with Crippen LogP contribution in [0.2, 0.25) is 0 Å². The fourth-order valence-electron chi connectivity index (χ4n) is 3.59. The predicted molar refractivity (Wildman–Crippen MR) is 107 cm³/mol. The molecule has 0 spiro atoms. The summed E-state index contributed by atoms with van der Waals surface area (Å²) < 4.78 is 30.8. The van der Waals surface area contributed by atoms with Gasteiger partial charge in [-0.2, -0.15) is 0 Å². The van der Waals surface area contributed by atoms with Crippen molar-refractivity contribution in [3.63, 3.8) is 0 Å². The molecule has 2 heterocycles. The van der Waals surface area contributed by atoms with Crippen molar-refractivity contribution in [2.24, 2.45) is 0 Å². The lowest BCUT2D eigenvalue weighted by molar-refractivity contribution is -0.152. The van der Waals surface area contributed by atoms with E-state index in [9.17, 15) is 18.0 Å². The van der Waals surface area contributed by atoms with Gasteiger partial charge in [0.05, 0.1) is 11.3 Å². The number of ether oxygens (including phenoxy) is 1. The Bertz CT molecular complexity index is 1100. The molecule has 29 heavy (non-hydrogen) atoms. The van der Waals surface area contributed by atoms with E-state index in [0.29, 0.717) is 0 Å². The van der Waals surface area contributed by atoms with Crippen LogP contribution in [-0.2, 0) is 24.2 Å². The van der Waals surface area contributed by atoms with Crippen molar-refractivity contribution < 1.29 is 22.7 Å². The molecule has 1 fully saturated rings. The van der Waals surface area contributed by atoms with Gasteiger partial charge in [0.25, 0.3) is 0 Å². The van der Waals surface area contributed by atoms with Crippen molar-refractivity contribution in [1.82, 2.24) is 4.90 Å². The van der Waals surface area contributed by atoms with Gasteiger partial charge >= 0.3 is 5.97 Å². The van der Waals surface area contributed by atoms with Crippen LogP contribution in [0.5, 0.6) is 0 Å². The van der Waals surface area contributed by atoms with Crippen molar-refractivity contribution in [2.45, 2.75) is 24.8 Å². The van der Waals surface area contributed by atoms with E-state index in [1.54, 1.807) is 0 Å². The van der Waals surface area contributed by atoms with Gasteiger partial charge in [-0.3, -0.25) is 9.69 Å². The third kappa shape index (κ3) is 3.07. The molecule has 0 aliphatic carbocycles. The highest BCUT2D eigenvalue weighted by molar-refractivity contribution is 7.96. The van der Waals surface area contributed by atoms with Gasteiger partial charge in [-0.15, -0.1) is 0 Å². The van der Waals surface area contributed by atoms with E-state index < -0.39 is 33.2 Å². The first-order valence-corrected chi connectivity index (χ1v) is 10.6. The van der Waals surface area contributed by atoms with E-state index >= 15 is 0 Å². The molecule has 1 saturated heterocycles. The summed E-state index contributed by atoms with van der Waals surface area (Å²) in [5, 5.41) is -1.08. The fraction of sp³-hybridized carbons (Fsp3) is 0.182. The smallest absolute Gasteiger partial charge is 0.356 e. The van der Waals surface area contributed by atoms with Gasteiger partial charge in [0, 0.05) is 0 Å². The van der Waals surface area contributed by atoms with Gasteiger partial charge in [0.2, 0.25) is 5.91 Å². The summed E-state index contributed by atoms with van der Waals surface area (Å²) in [7, 11) is -3.74. The maximum atomic E-state index is 13.1. The van der Waals surface area contributed by atoms with Gasteiger partial charge in [0.15, 0.2) is 21.3 Å². The summed E-state index contributed by atoms with van der Waals surface area (Å²) in [4.78, 5) is 26.2. The number of carbonyl (C=O) groups excluding carboxylic acids is 2. The largest absolute Gasteiger partial charge is 0.448 e. The molecule has 0 radical (unpaired) electrons. The first kappa shape index (κ1) is 19.1. The van der Waals surface area contributed by atoms with Gasteiger partial charge in [-0.1, -0.05) is 67.2 Å². The van der Waals surface area contributed by atoms with Crippen molar-refractivity contribution in [3.05, 3.63) is 94.5 Å². The highest BCUT2D eigenvalue weighted by Gasteiger charge is 2.54. The Hall–Kier alpha value is -3.19. The van der Waals surface area contributed by atoms with Crippen LogP contribution in [0.3, 0.4) is 0 Å². The number of amides is 1. The monoisotopic (exact) mass is 409 g/mol. The van der Waals surface area contributed by atoms with Crippen molar-refractivity contribution in [2.75, 3.05) is 0 Å². The Morgan fingerprint density at radius 3 is 2.07 bits per heavy atom. The molecule has 6 nitrogen and oxygen atoms in total. The number of nitrogens with zero attached hydrogens (tertiary/aromatic N) is 1. The van der Waals surface area contributed by atoms with E-state index in [0.717, 1.165) is 16.0 Å². The van der Waals surface area contributed by atoms with Crippen LogP contribution in [-0.4, -0.2) is 30.6 Å². The molecule has 2 aromatic rings. The number of esters is 1. The number of sulfone groups is 1. The lowest BCUT2D eigenvalue weighted by Crippen LogP contribution is -2.59. The lowest BCUT2D eigenvalue weighted by Gasteiger charge is -2.44. The Kier molecular flexibility index (Phi) is 4.62. The summed E-state index contributed by atoms with van der Waals surface area (Å²) in [6.45, 7) is 5.10. The van der Waals surface area contributed by atoms with E-state index in [2.05, 4.69) is 6.58 Å². The zero-order chi connectivity index (χ0) is 20.8. The van der Waals surface area contributed by atoms with Crippen LogP contribution in [0.15, 0.2) is 83.4 Å². The molecule has 0 unspecified atom stereocenters. The molecule has 1 atom stereocenters. The first-order chi connectivity index (χ1) is 13.8. The number of hydrogen-bond acceptors (Lipinski definition) is 5. The topological polar surface area (TPSA) is 80.8 Å². The van der Waals surface area contributed by atoms with Crippen LogP contribution in [0, 0.1) is 0 Å². The second kappa shape index (κ2) is 7.00. The van der Waals surface area contributed by atoms with Gasteiger partial charge in [-0.25, -0.2) is 13.2 Å². The van der Waals surface area contributed by atoms with E-state index in [-0.39, 0.29) is 22.6 Å². The molecule has 4 rings (SSSR count). The molecule has 0 saturated carbocycles. The Balaban J connectivity index is 1.74. The molecule has 148 valence electrons. The summed E-state index contributed by atoms with van der Waals surface area (Å²) in [6, 6.07) is 18.4. The average molecular weight is 409 g/mol. The normalized spacial score (nSPS) is 20.3. The molecule has 0 N–H and O–H groups in total. The van der Waals surface area contributed by atoms with Crippen LogP contribution in [0.1, 0.15) is 30.6 Å². The molecule has 2 aliphatic rings. The van der Waals surface area contributed by atoms with Crippen molar-refractivity contribution in [1.29, 1.82) is 0 Å². The van der Waals surface area contributed by atoms with Gasteiger partial charge < -0.3 is 4.74 Å². The standard InChI is InChI=1S/C22H19NO5S/c1-14-15(2)29(26,27)19-13-18(24)23(19)20(14)22(25)28-21(16-9-5-3-6-10-16)17-11-7-4-8-12-17/h3-12,19,21H,2,13H2,1H3/t19-/m0/s1. The molecule has 0 aromatic heterocycles. The Morgan fingerprint density at radius 2 is 1.59 bits per heavy atom. The van der Waals surface area contributed by atoms with E-state index in [4.69, 9.17) is 4.74 Å². The SMILES string of the molecule is C=C1C(C)=C(C(=O)OC(c2ccccc2)c2ccccc2)N2C(=O)C[C@@H]2S1(=O)=O. The summed E-state index contributed by atoms with van der Waals surface area (Å²) in [5.41, 5.74) is 1.61. The van der Waals surface area contributed by atoms with Crippen LogP contribution in [0.4, 0.5) is 0 Å².